The first-order chi connectivity index (χ1) is 8.50. The van der Waals surface area contributed by atoms with E-state index in [1.807, 2.05) is 38.1 Å². The predicted octanol–water partition coefficient (Wildman–Crippen LogP) is 3.87. The van der Waals surface area contributed by atoms with Gasteiger partial charge in [0.1, 0.15) is 5.69 Å². The first kappa shape index (κ1) is 12.9. The van der Waals surface area contributed by atoms with E-state index in [9.17, 15) is 9.90 Å². The van der Waals surface area contributed by atoms with E-state index in [1.165, 1.54) is 0 Å². The highest BCUT2D eigenvalue weighted by Crippen LogP contribution is 2.26. The van der Waals surface area contributed by atoms with E-state index in [-0.39, 0.29) is 11.7 Å². The third-order valence-electron chi connectivity index (χ3n) is 3.09. The van der Waals surface area contributed by atoms with Crippen LogP contribution < -0.4 is 0 Å². The molecule has 0 amide bonds. The molecule has 0 spiro atoms. The van der Waals surface area contributed by atoms with Crippen molar-refractivity contribution in [2.24, 2.45) is 0 Å². The van der Waals surface area contributed by atoms with Crippen LogP contribution in [-0.2, 0) is 0 Å². The highest BCUT2D eigenvalue weighted by Gasteiger charge is 2.18. The SMILES string of the molecule is Cc1ccccc1C(C)n1cc(Br)cc1C(=O)O. The number of carbonyl (C=O) groups is 1. The summed E-state index contributed by atoms with van der Waals surface area (Å²) in [6, 6.07) is 9.62. The molecule has 94 valence electrons. The molecule has 0 saturated carbocycles. The molecule has 1 aromatic carbocycles. The first-order valence-corrected chi connectivity index (χ1v) is 6.46. The Morgan fingerprint density at radius 3 is 2.67 bits per heavy atom. The fourth-order valence-electron chi connectivity index (χ4n) is 2.14. The summed E-state index contributed by atoms with van der Waals surface area (Å²) in [6.45, 7) is 4.03. The lowest BCUT2D eigenvalue weighted by atomic mass is 10.0. The molecule has 1 heterocycles. The van der Waals surface area contributed by atoms with Crippen LogP contribution in [0.15, 0.2) is 41.0 Å². The Kier molecular flexibility index (Phi) is 3.57. The molecule has 0 aliphatic rings. The molecule has 1 unspecified atom stereocenters. The zero-order valence-electron chi connectivity index (χ0n) is 10.2. The van der Waals surface area contributed by atoms with E-state index in [0.717, 1.165) is 15.6 Å². The monoisotopic (exact) mass is 307 g/mol. The van der Waals surface area contributed by atoms with Gasteiger partial charge in [0.2, 0.25) is 0 Å². The molecule has 18 heavy (non-hydrogen) atoms. The van der Waals surface area contributed by atoms with Crippen molar-refractivity contribution in [1.29, 1.82) is 0 Å². The average molecular weight is 308 g/mol. The summed E-state index contributed by atoms with van der Waals surface area (Å²) in [5.41, 5.74) is 2.58. The van der Waals surface area contributed by atoms with Crippen LogP contribution in [0.2, 0.25) is 0 Å². The van der Waals surface area contributed by atoms with Gasteiger partial charge >= 0.3 is 5.97 Å². The van der Waals surface area contributed by atoms with Crippen LogP contribution in [0.1, 0.15) is 34.6 Å². The van der Waals surface area contributed by atoms with Crippen LogP contribution in [0.25, 0.3) is 0 Å². The van der Waals surface area contributed by atoms with Gasteiger partial charge in [0, 0.05) is 10.7 Å². The number of aryl methyl sites for hydroxylation is 1. The fourth-order valence-corrected chi connectivity index (χ4v) is 2.58. The van der Waals surface area contributed by atoms with Crippen LogP contribution in [0.5, 0.6) is 0 Å². The maximum atomic E-state index is 11.2. The molecule has 0 radical (unpaired) electrons. The molecular weight excluding hydrogens is 294 g/mol. The van der Waals surface area contributed by atoms with E-state index in [2.05, 4.69) is 15.9 Å². The lowest BCUT2D eigenvalue weighted by Gasteiger charge is -2.18. The quantitative estimate of drug-likeness (QED) is 0.935. The maximum absolute atomic E-state index is 11.2. The number of rotatable bonds is 3. The zero-order chi connectivity index (χ0) is 13.3. The van der Waals surface area contributed by atoms with Crippen molar-refractivity contribution in [2.45, 2.75) is 19.9 Å². The highest BCUT2D eigenvalue weighted by atomic mass is 79.9. The molecule has 2 aromatic rings. The Balaban J connectivity index is 2.49. The predicted molar refractivity (Wildman–Crippen MR) is 74.1 cm³/mol. The first-order valence-electron chi connectivity index (χ1n) is 5.67. The topological polar surface area (TPSA) is 42.2 Å². The van der Waals surface area contributed by atoms with Crippen LogP contribution in [-0.4, -0.2) is 15.6 Å². The number of hydrogen-bond donors (Lipinski definition) is 1. The highest BCUT2D eigenvalue weighted by molar-refractivity contribution is 9.10. The molecule has 0 aliphatic heterocycles. The summed E-state index contributed by atoms with van der Waals surface area (Å²) >= 11 is 3.33. The van der Waals surface area contributed by atoms with Gasteiger partial charge in [-0.1, -0.05) is 24.3 Å². The van der Waals surface area contributed by atoms with Gasteiger partial charge in [-0.05, 0) is 47.0 Å². The van der Waals surface area contributed by atoms with E-state index in [0.29, 0.717) is 0 Å². The minimum Gasteiger partial charge on any atom is -0.477 e. The molecular formula is C14H14BrNO2. The van der Waals surface area contributed by atoms with Crippen molar-refractivity contribution in [1.82, 2.24) is 4.57 Å². The smallest absolute Gasteiger partial charge is 0.352 e. The zero-order valence-corrected chi connectivity index (χ0v) is 11.8. The third kappa shape index (κ3) is 2.34. The lowest BCUT2D eigenvalue weighted by molar-refractivity contribution is 0.0684. The van der Waals surface area contributed by atoms with Gasteiger partial charge in [-0.3, -0.25) is 0 Å². The second-order valence-electron chi connectivity index (χ2n) is 4.29. The van der Waals surface area contributed by atoms with Crippen molar-refractivity contribution in [3.05, 3.63) is 57.8 Å². The number of nitrogens with zero attached hydrogens (tertiary/aromatic N) is 1. The van der Waals surface area contributed by atoms with Crippen LogP contribution >= 0.6 is 15.9 Å². The summed E-state index contributed by atoms with van der Waals surface area (Å²) in [4.78, 5) is 11.2. The average Bonchev–Trinajstić information content (AvgIpc) is 2.71. The van der Waals surface area contributed by atoms with E-state index < -0.39 is 5.97 Å². The molecule has 0 fully saturated rings. The molecule has 0 aliphatic carbocycles. The second-order valence-corrected chi connectivity index (χ2v) is 5.20. The molecule has 4 heteroatoms. The largest absolute Gasteiger partial charge is 0.477 e. The van der Waals surface area contributed by atoms with E-state index >= 15 is 0 Å². The number of hydrogen-bond acceptors (Lipinski definition) is 1. The van der Waals surface area contributed by atoms with Crippen molar-refractivity contribution in [3.63, 3.8) is 0 Å². The number of carboxylic acid groups (broad SMARTS) is 1. The van der Waals surface area contributed by atoms with Crippen LogP contribution in [0.4, 0.5) is 0 Å². The Labute approximate surface area is 114 Å². The number of aromatic carboxylic acids is 1. The summed E-state index contributed by atoms with van der Waals surface area (Å²) in [7, 11) is 0. The summed E-state index contributed by atoms with van der Waals surface area (Å²) in [5, 5.41) is 9.20. The second kappa shape index (κ2) is 4.98. The van der Waals surface area contributed by atoms with Crippen molar-refractivity contribution in [3.8, 4) is 0 Å². The van der Waals surface area contributed by atoms with Gasteiger partial charge in [0.25, 0.3) is 0 Å². The van der Waals surface area contributed by atoms with E-state index in [1.54, 1.807) is 16.8 Å². The Bertz CT molecular complexity index is 589. The molecule has 1 aromatic heterocycles. The third-order valence-corrected chi connectivity index (χ3v) is 3.52. The van der Waals surface area contributed by atoms with E-state index in [4.69, 9.17) is 0 Å². The van der Waals surface area contributed by atoms with Gasteiger partial charge in [0.05, 0.1) is 6.04 Å². The fraction of sp³-hybridized carbons (Fsp3) is 0.214. The number of aromatic nitrogens is 1. The van der Waals surface area contributed by atoms with Gasteiger partial charge in [-0.2, -0.15) is 0 Å². The van der Waals surface area contributed by atoms with Crippen molar-refractivity contribution >= 4 is 21.9 Å². The number of carboxylic acids is 1. The Morgan fingerprint density at radius 1 is 1.39 bits per heavy atom. The molecule has 1 atom stereocenters. The van der Waals surface area contributed by atoms with Gasteiger partial charge in [-0.15, -0.1) is 0 Å². The lowest BCUT2D eigenvalue weighted by Crippen LogP contribution is -2.13. The normalized spacial score (nSPS) is 12.4. The van der Waals surface area contributed by atoms with Crippen molar-refractivity contribution in [2.75, 3.05) is 0 Å². The molecule has 0 bridgehead atoms. The van der Waals surface area contributed by atoms with Crippen LogP contribution in [0, 0.1) is 6.92 Å². The van der Waals surface area contributed by atoms with Crippen LogP contribution in [0.3, 0.4) is 0 Å². The van der Waals surface area contributed by atoms with Crippen molar-refractivity contribution < 1.29 is 9.90 Å². The Morgan fingerprint density at radius 2 is 2.06 bits per heavy atom. The number of halogens is 1. The van der Waals surface area contributed by atoms with Gasteiger partial charge in [0.15, 0.2) is 0 Å². The minimum atomic E-state index is -0.916. The number of benzene rings is 1. The summed E-state index contributed by atoms with van der Waals surface area (Å²) in [6.07, 6.45) is 1.81. The minimum absolute atomic E-state index is 0.0106. The van der Waals surface area contributed by atoms with Gasteiger partial charge in [-0.25, -0.2) is 4.79 Å². The molecule has 1 N–H and O–H groups in total. The maximum Gasteiger partial charge on any atom is 0.352 e. The summed E-state index contributed by atoms with van der Waals surface area (Å²) < 4.78 is 2.55. The standard InChI is InChI=1S/C14H14BrNO2/c1-9-5-3-4-6-12(9)10(2)16-8-11(15)7-13(16)14(17)18/h3-8,10H,1-2H3,(H,17,18). The Hall–Kier alpha value is -1.55. The van der Waals surface area contributed by atoms with Gasteiger partial charge < -0.3 is 9.67 Å². The molecule has 0 saturated heterocycles. The summed E-state index contributed by atoms with van der Waals surface area (Å²) in [5.74, 6) is -0.916. The molecule has 2 rings (SSSR count). The molecule has 3 nitrogen and oxygen atoms in total.